The maximum atomic E-state index is 2.44. The summed E-state index contributed by atoms with van der Waals surface area (Å²) in [7, 11) is 0. The molecule has 23 aromatic carbocycles. The second-order valence-electron chi connectivity index (χ2n) is 37.4. The molecule has 0 spiro atoms. The zero-order valence-electron chi connectivity index (χ0n) is 78.8. The first-order valence-electron chi connectivity index (χ1n) is 49.5. The van der Waals surface area contributed by atoms with Crippen molar-refractivity contribution in [2.75, 3.05) is 0 Å². The van der Waals surface area contributed by atoms with Gasteiger partial charge in [0.05, 0.1) is 71.9 Å². The summed E-state index contributed by atoms with van der Waals surface area (Å²) < 4.78 is 14.5. The van der Waals surface area contributed by atoms with Crippen molar-refractivity contribution in [3.63, 3.8) is 0 Å². The third-order valence-electron chi connectivity index (χ3n) is 29.2. The summed E-state index contributed by atoms with van der Waals surface area (Å²) in [5.74, 6) is 0. The monoisotopic (exact) mass is 1830 g/mol. The molecule has 6 aromatic heterocycles. The molecular formula is C138H92N6. The molecule has 0 aliphatic rings. The Bertz CT molecular complexity index is 9580. The van der Waals surface area contributed by atoms with Crippen LogP contribution in [0.2, 0.25) is 0 Å². The summed E-state index contributed by atoms with van der Waals surface area (Å²) in [5, 5.41) is 15.1. The molecule has 674 valence electrons. The minimum absolute atomic E-state index is 1.16. The van der Waals surface area contributed by atoms with Gasteiger partial charge in [-0.25, -0.2) is 0 Å². The second kappa shape index (κ2) is 35.7. The number of fused-ring (bicyclic) bond motifs is 18. The van der Waals surface area contributed by atoms with Gasteiger partial charge < -0.3 is 27.4 Å². The molecule has 0 saturated heterocycles. The maximum absolute atomic E-state index is 2.44. The molecule has 6 nitrogen and oxygen atoms in total. The highest BCUT2D eigenvalue weighted by molar-refractivity contribution is 6.17. The molecule has 0 fully saturated rings. The summed E-state index contributed by atoms with van der Waals surface area (Å²) in [6.45, 7) is 0. The van der Waals surface area contributed by atoms with Gasteiger partial charge >= 0.3 is 0 Å². The fraction of sp³-hybridized carbons (Fsp3) is 0. The highest BCUT2D eigenvalue weighted by Gasteiger charge is 2.24. The maximum Gasteiger partial charge on any atom is 0.0547 e. The number of rotatable bonds is 14. The Labute approximate surface area is 833 Å². The van der Waals surface area contributed by atoms with Crippen LogP contribution in [0.1, 0.15) is 0 Å². The van der Waals surface area contributed by atoms with E-state index in [4.69, 9.17) is 0 Å². The summed E-state index contributed by atoms with van der Waals surface area (Å²) in [4.78, 5) is 0. The van der Waals surface area contributed by atoms with Crippen LogP contribution in [0.15, 0.2) is 558 Å². The number of para-hydroxylation sites is 8. The van der Waals surface area contributed by atoms with Crippen LogP contribution in [0.25, 0.3) is 254 Å². The predicted octanol–water partition coefficient (Wildman–Crippen LogP) is 37.0. The van der Waals surface area contributed by atoms with Crippen molar-refractivity contribution < 1.29 is 0 Å². The lowest BCUT2D eigenvalue weighted by Crippen LogP contribution is -1.97. The van der Waals surface area contributed by atoms with Crippen molar-refractivity contribution in [2.24, 2.45) is 0 Å². The van der Waals surface area contributed by atoms with Crippen molar-refractivity contribution in [3.05, 3.63) is 558 Å². The third kappa shape index (κ3) is 14.7. The minimum Gasteiger partial charge on any atom is -0.309 e. The Hall–Kier alpha value is -19.1. The van der Waals surface area contributed by atoms with Gasteiger partial charge in [-0.2, -0.15) is 0 Å². The Morgan fingerprint density at radius 2 is 0.271 bits per heavy atom. The molecule has 0 aliphatic heterocycles. The molecule has 0 saturated carbocycles. The lowest BCUT2D eigenvalue weighted by molar-refractivity contribution is 1.18. The first-order valence-corrected chi connectivity index (χ1v) is 49.5. The number of aromatic nitrogens is 6. The number of nitrogens with zero attached hydrogens (tertiary/aromatic N) is 6. The Kier molecular flexibility index (Phi) is 20.9. The van der Waals surface area contributed by atoms with E-state index in [0.29, 0.717) is 0 Å². The molecule has 29 rings (SSSR count). The number of hydrogen-bond acceptors (Lipinski definition) is 0. The molecule has 0 N–H and O–H groups in total. The molecule has 0 amide bonds. The predicted molar refractivity (Wildman–Crippen MR) is 609 cm³/mol. The molecule has 0 unspecified atom stereocenters. The smallest absolute Gasteiger partial charge is 0.0547 e. The van der Waals surface area contributed by atoms with E-state index in [1.807, 2.05) is 0 Å². The van der Waals surface area contributed by atoms with E-state index in [1.165, 1.54) is 231 Å². The van der Waals surface area contributed by atoms with E-state index in [1.54, 1.807) is 0 Å². The van der Waals surface area contributed by atoms with Crippen molar-refractivity contribution in [1.29, 1.82) is 0 Å². The van der Waals surface area contributed by atoms with Gasteiger partial charge in [0.25, 0.3) is 0 Å². The molecule has 0 radical (unpaired) electrons. The average Bonchev–Trinajstić information content (AvgIpc) is 1.58. The van der Waals surface area contributed by atoms with Crippen molar-refractivity contribution in [2.45, 2.75) is 0 Å². The number of benzene rings is 23. The molecule has 29 aromatic rings. The Morgan fingerprint density at radius 3 is 0.569 bits per heavy atom. The molecule has 144 heavy (non-hydrogen) atoms. The normalized spacial score (nSPS) is 11.6. The van der Waals surface area contributed by atoms with E-state index in [0.717, 1.165) is 22.7 Å². The van der Waals surface area contributed by atoms with Crippen LogP contribution in [0.4, 0.5) is 0 Å². The van der Waals surface area contributed by atoms with Crippen molar-refractivity contribution >= 4 is 131 Å². The van der Waals surface area contributed by atoms with Gasteiger partial charge in [0, 0.05) is 98.6 Å². The van der Waals surface area contributed by atoms with Crippen LogP contribution in [0, 0.1) is 0 Å². The van der Waals surface area contributed by atoms with Crippen molar-refractivity contribution in [1.82, 2.24) is 27.4 Å². The fourth-order valence-electron chi connectivity index (χ4n) is 22.4. The standard InChI is InChI=1S/2C48H32N2.C42H28N2/c1-3-13-33(14-4-1)35-17-11-19-39(29-35)49-45-23-9-7-21-41(45)43-27-25-37(31-47(43)49)38-26-28-44-42-22-8-10-24-46(42)50(48(44)32-38)40-20-12-18-36(30-40)34-15-5-2-6-16-34;1-3-11-33(12-4-1)35-19-25-39(26-20-35)49-45-17-9-7-15-41(45)43-29-23-37(31-47(43)49)38-24-30-44-42-16-8-10-18-46(42)50(48(44)32-38)40-27-21-36(22-28-40)34-13-5-2-6-14-34;1-3-13-29(14-4-1)33-17-7-10-20-38(33)44-40-22-12-9-19-35(40)37-26-24-31(28-42(37)44)30-23-25-36-34-18-8-11-21-39(34)43(41(36)27-30)32-15-5-2-6-16-32/h2*1-32H;1-28H. The van der Waals surface area contributed by atoms with Crippen LogP contribution in [0.5, 0.6) is 0 Å². The third-order valence-corrected chi connectivity index (χ3v) is 29.2. The molecule has 6 heteroatoms. The zero-order chi connectivity index (χ0) is 95.1. The summed E-state index contributed by atoms with van der Waals surface area (Å²) in [6, 6.07) is 202. The van der Waals surface area contributed by atoms with Crippen molar-refractivity contribution in [3.8, 4) is 123 Å². The minimum atomic E-state index is 1.16. The highest BCUT2D eigenvalue weighted by Crippen LogP contribution is 2.46. The van der Waals surface area contributed by atoms with Gasteiger partial charge in [-0.05, 0) is 223 Å². The summed E-state index contributed by atoms with van der Waals surface area (Å²) in [6.07, 6.45) is 0. The number of hydrogen-bond donors (Lipinski definition) is 0. The molecular weight excluding hydrogens is 1740 g/mol. The SMILES string of the molecule is c1ccc(-c2ccc(-n3c4ccccc4c4ccc(-c5ccc6c7ccccc7n(-c7ccc(-c8ccccc8)cc7)c6c5)cc43)cc2)cc1.c1ccc(-c2cccc(-n3c4ccccc4c4ccc(-c5ccc6c7ccccc7n(-c7cccc(-c8ccccc8)c7)c6c5)cc43)c2)cc1.c1ccc(-c2ccccc2-n2c3ccccc3c3ccc(-c4ccc5c6ccccc6n(-c6ccccc6)c5c4)cc32)cc1. The van der Waals surface area contributed by atoms with Gasteiger partial charge in [-0.1, -0.05) is 419 Å². The Morgan fingerprint density at radius 1 is 0.0903 bits per heavy atom. The molecule has 0 bridgehead atoms. The molecule has 0 aliphatic carbocycles. The summed E-state index contributed by atoms with van der Waals surface area (Å²) >= 11 is 0. The van der Waals surface area contributed by atoms with E-state index in [9.17, 15) is 0 Å². The summed E-state index contributed by atoms with van der Waals surface area (Å²) in [5.41, 5.74) is 40.8. The van der Waals surface area contributed by atoms with Gasteiger partial charge in [-0.3, -0.25) is 0 Å². The van der Waals surface area contributed by atoms with Gasteiger partial charge in [0.15, 0.2) is 0 Å². The van der Waals surface area contributed by atoms with Crippen LogP contribution in [0.3, 0.4) is 0 Å². The van der Waals surface area contributed by atoms with Crippen LogP contribution < -0.4 is 0 Å². The van der Waals surface area contributed by atoms with E-state index < -0.39 is 0 Å². The van der Waals surface area contributed by atoms with Crippen LogP contribution >= 0.6 is 0 Å². The first-order chi connectivity index (χ1) is 71.4. The Balaban J connectivity index is 0.000000108. The topological polar surface area (TPSA) is 29.6 Å². The molecule has 6 heterocycles. The van der Waals surface area contributed by atoms with Gasteiger partial charge in [0.1, 0.15) is 0 Å². The fourth-order valence-corrected chi connectivity index (χ4v) is 22.4. The molecule has 0 atom stereocenters. The van der Waals surface area contributed by atoms with E-state index >= 15 is 0 Å². The lowest BCUT2D eigenvalue weighted by Gasteiger charge is -2.14. The largest absolute Gasteiger partial charge is 0.309 e. The second-order valence-corrected chi connectivity index (χ2v) is 37.4. The quantitative estimate of drug-likeness (QED) is 0.104. The first kappa shape index (κ1) is 84.2. The van der Waals surface area contributed by atoms with Gasteiger partial charge in [-0.15, -0.1) is 0 Å². The van der Waals surface area contributed by atoms with Crippen LogP contribution in [-0.4, -0.2) is 27.4 Å². The lowest BCUT2D eigenvalue weighted by atomic mass is 10.0. The van der Waals surface area contributed by atoms with E-state index in [-0.39, 0.29) is 0 Å². The van der Waals surface area contributed by atoms with Gasteiger partial charge in [0.2, 0.25) is 0 Å². The zero-order valence-corrected chi connectivity index (χ0v) is 78.8. The van der Waals surface area contributed by atoms with E-state index in [2.05, 4.69) is 586 Å². The van der Waals surface area contributed by atoms with Crippen LogP contribution in [-0.2, 0) is 0 Å². The average molecular weight is 1830 g/mol. The highest BCUT2D eigenvalue weighted by atomic mass is 15.0.